The van der Waals surface area contributed by atoms with Crippen LogP contribution in [-0.2, 0) is 9.59 Å². The molecule has 3 fully saturated rings. The molecule has 4 unspecified atom stereocenters. The van der Waals surface area contributed by atoms with E-state index in [9.17, 15) is 14.7 Å². The van der Waals surface area contributed by atoms with Gasteiger partial charge < -0.3 is 10.0 Å². The van der Waals surface area contributed by atoms with Crippen LogP contribution in [0.5, 0.6) is 0 Å². The van der Waals surface area contributed by atoms with Gasteiger partial charge in [-0.3, -0.25) is 9.59 Å². The van der Waals surface area contributed by atoms with Crippen molar-refractivity contribution in [3.8, 4) is 0 Å². The largest absolute Gasteiger partial charge is 0.481 e. The van der Waals surface area contributed by atoms with Gasteiger partial charge in [0.1, 0.15) is 0 Å². The second kappa shape index (κ2) is 5.62. The summed E-state index contributed by atoms with van der Waals surface area (Å²) in [4.78, 5) is 26.5. The zero-order valence-corrected chi connectivity index (χ0v) is 13.0. The number of carboxylic acid groups (broad SMARTS) is 1. The lowest BCUT2D eigenvalue weighted by Gasteiger charge is -2.41. The third-order valence-corrected chi connectivity index (χ3v) is 6.13. The number of likely N-dealkylation sites (tertiary alicyclic amines) is 1. The number of nitrogens with zero attached hydrogens (tertiary/aromatic N) is 1. The lowest BCUT2D eigenvalue weighted by atomic mass is 9.75. The van der Waals surface area contributed by atoms with E-state index in [1.54, 1.807) is 0 Å². The second-order valence-corrected chi connectivity index (χ2v) is 7.48. The molecule has 0 aromatic rings. The van der Waals surface area contributed by atoms with Crippen LogP contribution in [0.4, 0.5) is 0 Å². The molecule has 1 aliphatic heterocycles. The highest BCUT2D eigenvalue weighted by Gasteiger charge is 2.48. The number of fused-ring (bicyclic) bond motifs is 2. The highest BCUT2D eigenvalue weighted by atomic mass is 16.4. The third-order valence-electron chi connectivity index (χ3n) is 6.13. The maximum Gasteiger partial charge on any atom is 0.311 e. The van der Waals surface area contributed by atoms with Crippen LogP contribution in [0.2, 0.25) is 0 Å². The number of carbonyl (C=O) groups excluding carboxylic acids is 1. The van der Waals surface area contributed by atoms with E-state index in [-0.39, 0.29) is 11.8 Å². The van der Waals surface area contributed by atoms with Crippen molar-refractivity contribution in [3.05, 3.63) is 0 Å². The van der Waals surface area contributed by atoms with Gasteiger partial charge in [0.25, 0.3) is 0 Å². The van der Waals surface area contributed by atoms with Gasteiger partial charge in [-0.1, -0.05) is 19.8 Å². The van der Waals surface area contributed by atoms with Crippen molar-refractivity contribution in [2.45, 2.75) is 58.3 Å². The summed E-state index contributed by atoms with van der Waals surface area (Å²) in [5.74, 6) is 1.07. The maximum atomic E-state index is 12.8. The van der Waals surface area contributed by atoms with Crippen LogP contribution < -0.4 is 0 Å². The zero-order valence-electron chi connectivity index (χ0n) is 13.0. The second-order valence-electron chi connectivity index (χ2n) is 7.48. The molecule has 118 valence electrons. The first-order valence-corrected chi connectivity index (χ1v) is 8.58. The summed E-state index contributed by atoms with van der Waals surface area (Å²) < 4.78 is 0. The Labute approximate surface area is 126 Å². The van der Waals surface area contributed by atoms with E-state index < -0.39 is 11.4 Å². The molecule has 1 N–H and O–H groups in total. The Kier molecular flexibility index (Phi) is 3.98. The Balaban J connectivity index is 1.70. The molecule has 0 aromatic carbocycles. The van der Waals surface area contributed by atoms with Gasteiger partial charge >= 0.3 is 5.97 Å². The summed E-state index contributed by atoms with van der Waals surface area (Å²) in [6.45, 7) is 3.22. The number of carbonyl (C=O) groups is 2. The van der Waals surface area contributed by atoms with Gasteiger partial charge in [0.05, 0.1) is 5.41 Å². The first kappa shape index (κ1) is 14.9. The molecule has 0 radical (unpaired) electrons. The zero-order chi connectivity index (χ0) is 15.0. The van der Waals surface area contributed by atoms with E-state index in [1.165, 1.54) is 19.3 Å². The van der Waals surface area contributed by atoms with Crippen molar-refractivity contribution in [1.29, 1.82) is 0 Å². The number of carboxylic acids is 1. The molecule has 2 saturated carbocycles. The van der Waals surface area contributed by atoms with Crippen molar-refractivity contribution in [2.24, 2.45) is 23.2 Å². The highest BCUT2D eigenvalue weighted by molar-refractivity contribution is 5.82. The number of hydrogen-bond donors (Lipinski definition) is 1. The van der Waals surface area contributed by atoms with Crippen molar-refractivity contribution in [3.63, 3.8) is 0 Å². The summed E-state index contributed by atoms with van der Waals surface area (Å²) in [5.41, 5.74) is -0.694. The van der Waals surface area contributed by atoms with Gasteiger partial charge in [-0.05, 0) is 50.4 Å². The molecule has 4 nitrogen and oxygen atoms in total. The molecule has 2 bridgehead atoms. The van der Waals surface area contributed by atoms with E-state index in [2.05, 4.69) is 0 Å². The van der Waals surface area contributed by atoms with E-state index in [1.807, 2.05) is 11.8 Å². The topological polar surface area (TPSA) is 57.6 Å². The van der Waals surface area contributed by atoms with E-state index in [0.717, 1.165) is 38.1 Å². The van der Waals surface area contributed by atoms with Crippen LogP contribution in [0.1, 0.15) is 58.3 Å². The standard InChI is InChI=1S/C17H27NO3/c1-2-6-17(16(20)21)7-3-8-18(11-17)15(19)14-10-12-4-5-13(14)9-12/h12-14H,2-11H2,1H3,(H,20,21). The number of amides is 1. The first-order valence-electron chi connectivity index (χ1n) is 8.58. The third kappa shape index (κ3) is 2.58. The lowest BCUT2D eigenvalue weighted by molar-refractivity contribution is -0.157. The molecular weight excluding hydrogens is 266 g/mol. The minimum atomic E-state index is -0.713. The van der Waals surface area contributed by atoms with E-state index >= 15 is 0 Å². The van der Waals surface area contributed by atoms with Crippen LogP contribution in [0.15, 0.2) is 0 Å². The van der Waals surface area contributed by atoms with Crippen molar-refractivity contribution >= 4 is 11.9 Å². The summed E-state index contributed by atoms with van der Waals surface area (Å²) in [5, 5.41) is 9.65. The summed E-state index contributed by atoms with van der Waals surface area (Å²) in [6.07, 6.45) is 7.87. The van der Waals surface area contributed by atoms with Gasteiger partial charge in [0, 0.05) is 19.0 Å². The Morgan fingerprint density at radius 1 is 1.29 bits per heavy atom. The summed E-state index contributed by atoms with van der Waals surface area (Å²) >= 11 is 0. The number of hydrogen-bond acceptors (Lipinski definition) is 2. The maximum absolute atomic E-state index is 12.8. The van der Waals surface area contributed by atoms with Crippen molar-refractivity contribution < 1.29 is 14.7 Å². The Morgan fingerprint density at radius 3 is 2.67 bits per heavy atom. The van der Waals surface area contributed by atoms with Gasteiger partial charge in [-0.25, -0.2) is 0 Å². The highest BCUT2D eigenvalue weighted by Crippen LogP contribution is 2.49. The summed E-state index contributed by atoms with van der Waals surface area (Å²) in [7, 11) is 0. The van der Waals surface area contributed by atoms with Crippen LogP contribution >= 0.6 is 0 Å². The van der Waals surface area contributed by atoms with Crippen molar-refractivity contribution in [1.82, 2.24) is 4.90 Å². The number of aliphatic carboxylic acids is 1. The summed E-state index contributed by atoms with van der Waals surface area (Å²) in [6, 6.07) is 0. The molecule has 3 aliphatic rings. The Hall–Kier alpha value is -1.06. The average Bonchev–Trinajstić information content (AvgIpc) is 3.09. The smallest absolute Gasteiger partial charge is 0.311 e. The van der Waals surface area contributed by atoms with Gasteiger partial charge in [-0.2, -0.15) is 0 Å². The lowest BCUT2D eigenvalue weighted by Crippen LogP contribution is -2.51. The Morgan fingerprint density at radius 2 is 2.10 bits per heavy atom. The van der Waals surface area contributed by atoms with Crippen LogP contribution in [-0.4, -0.2) is 35.0 Å². The number of rotatable bonds is 4. The molecule has 1 amide bonds. The molecule has 0 spiro atoms. The fourth-order valence-corrected chi connectivity index (χ4v) is 5.07. The van der Waals surface area contributed by atoms with Crippen molar-refractivity contribution in [2.75, 3.05) is 13.1 Å². The minimum absolute atomic E-state index is 0.190. The Bertz CT molecular complexity index is 432. The quantitative estimate of drug-likeness (QED) is 0.867. The van der Waals surface area contributed by atoms with Gasteiger partial charge in [0.15, 0.2) is 0 Å². The molecule has 1 heterocycles. The molecule has 3 rings (SSSR count). The van der Waals surface area contributed by atoms with E-state index in [0.29, 0.717) is 18.9 Å². The molecule has 2 aliphatic carbocycles. The normalized spacial score (nSPS) is 38.7. The van der Waals surface area contributed by atoms with Crippen LogP contribution in [0, 0.1) is 23.2 Å². The fourth-order valence-electron chi connectivity index (χ4n) is 5.07. The predicted molar refractivity (Wildman–Crippen MR) is 79.7 cm³/mol. The minimum Gasteiger partial charge on any atom is -0.481 e. The molecule has 4 heteroatoms. The molecule has 4 atom stereocenters. The van der Waals surface area contributed by atoms with Gasteiger partial charge in [-0.15, -0.1) is 0 Å². The SMILES string of the molecule is CCCC1(C(=O)O)CCCN(C(=O)C2CC3CCC2C3)C1. The van der Waals surface area contributed by atoms with Gasteiger partial charge in [0.2, 0.25) is 5.91 Å². The van der Waals surface area contributed by atoms with Crippen LogP contribution in [0.3, 0.4) is 0 Å². The predicted octanol–water partition coefficient (Wildman–Crippen LogP) is 2.92. The molecular formula is C17H27NO3. The van der Waals surface area contributed by atoms with Crippen LogP contribution in [0.25, 0.3) is 0 Å². The molecule has 21 heavy (non-hydrogen) atoms. The average molecular weight is 293 g/mol. The fraction of sp³-hybridized carbons (Fsp3) is 0.882. The molecule has 0 aromatic heterocycles. The first-order chi connectivity index (χ1) is 10.1. The number of piperidine rings is 1. The van der Waals surface area contributed by atoms with E-state index in [4.69, 9.17) is 0 Å². The molecule has 1 saturated heterocycles. The monoisotopic (exact) mass is 293 g/mol.